The van der Waals surface area contributed by atoms with Crippen LogP contribution in [0.3, 0.4) is 0 Å². The number of ether oxygens (including phenoxy) is 3. The van der Waals surface area contributed by atoms with Crippen LogP contribution in [0.15, 0.2) is 78.2 Å². The van der Waals surface area contributed by atoms with Crippen LogP contribution in [0.25, 0.3) is 16.6 Å². The van der Waals surface area contributed by atoms with Crippen molar-refractivity contribution in [2.24, 2.45) is 0 Å². The molecule has 4 heterocycles. The predicted octanol–water partition coefficient (Wildman–Crippen LogP) is 5.79. The predicted molar refractivity (Wildman–Crippen MR) is 172 cm³/mol. The Kier molecular flexibility index (Phi) is 9.03. The minimum absolute atomic E-state index is 0.00559. The number of aromatic nitrogens is 5. The minimum atomic E-state index is -4.35. The number of sulfonamides is 1. The number of aromatic amines is 1. The van der Waals surface area contributed by atoms with Gasteiger partial charge in [0.2, 0.25) is 17.4 Å². The molecule has 50 heavy (non-hydrogen) atoms. The highest BCUT2D eigenvalue weighted by Gasteiger charge is 2.24. The molecule has 0 spiro atoms. The minimum Gasteiger partial charge on any atom is -0.497 e. The van der Waals surface area contributed by atoms with Crippen LogP contribution in [-0.4, -0.2) is 59.1 Å². The van der Waals surface area contributed by atoms with Gasteiger partial charge in [0.25, 0.3) is 16.4 Å². The van der Waals surface area contributed by atoms with Gasteiger partial charge >= 0.3 is 0 Å². The number of nitrogens with zero attached hydrogens (tertiary/aromatic N) is 4. The first-order valence-electron chi connectivity index (χ1n) is 14.4. The summed E-state index contributed by atoms with van der Waals surface area (Å²) in [5.41, 5.74) is 7.18. The number of pyridine rings is 2. The van der Waals surface area contributed by atoms with Crippen molar-refractivity contribution < 1.29 is 45.0 Å². The molecule has 0 aliphatic heterocycles. The normalized spacial score (nSPS) is 11.6. The van der Waals surface area contributed by atoms with Crippen LogP contribution in [0, 0.1) is 18.6 Å². The number of rotatable bonds is 12. The molecule has 0 unspecified atom stereocenters. The fourth-order valence-electron chi connectivity index (χ4n) is 4.85. The Morgan fingerprint density at radius 1 is 1.06 bits per heavy atom. The molecule has 0 amide bonds. The number of aryl methyl sites for hydroxylation is 1. The molecule has 0 saturated heterocycles. The molecule has 4 aromatic heterocycles. The quantitative estimate of drug-likeness (QED) is 0.104. The number of anilines is 2. The summed E-state index contributed by atoms with van der Waals surface area (Å²) < 4.78 is 99.7. The molecule has 0 radical (unpaired) electrons. The van der Waals surface area contributed by atoms with Crippen LogP contribution in [0.4, 0.5) is 29.1 Å². The van der Waals surface area contributed by atoms with Crippen molar-refractivity contribution in [2.75, 3.05) is 24.2 Å². The monoisotopic (exact) mass is 711 g/mol. The van der Waals surface area contributed by atoms with Gasteiger partial charge in [0.1, 0.15) is 23.9 Å². The molecule has 18 heteroatoms. The number of carbonyl (C=O) groups is 1. The summed E-state index contributed by atoms with van der Waals surface area (Å²) in [6, 6.07) is 11.3. The molecule has 4 N–H and O–H groups in total. The molecule has 0 aliphatic rings. The zero-order valence-corrected chi connectivity index (χ0v) is 26.8. The van der Waals surface area contributed by atoms with Gasteiger partial charge in [-0.25, -0.2) is 32.2 Å². The number of nitrogens with two attached hydrogens (primary N) is 1. The summed E-state index contributed by atoms with van der Waals surface area (Å²) >= 11 is 0. The summed E-state index contributed by atoms with van der Waals surface area (Å²) in [5.74, 6) is -3.25. The molecule has 0 fully saturated rings. The number of nitrogen functional groups attached to an aromatic ring is 1. The zero-order valence-electron chi connectivity index (χ0n) is 25.9. The van der Waals surface area contributed by atoms with E-state index >= 15 is 0 Å². The number of ketones is 1. The number of fused-ring (bicyclic) bond motifs is 1. The van der Waals surface area contributed by atoms with Crippen molar-refractivity contribution in [1.82, 2.24) is 24.7 Å². The molecule has 13 nitrogen and oxygen atoms in total. The van der Waals surface area contributed by atoms with Crippen molar-refractivity contribution in [3.63, 3.8) is 0 Å². The van der Waals surface area contributed by atoms with E-state index in [1.54, 1.807) is 6.92 Å². The molecular weight excluding hydrogens is 686 g/mol. The zero-order chi connectivity index (χ0) is 35.7. The van der Waals surface area contributed by atoms with Crippen LogP contribution in [-0.2, 0) is 10.0 Å². The fraction of sp³-hybridized carbons (Fsp3) is 0.125. The largest absolute Gasteiger partial charge is 0.497 e. The lowest BCUT2D eigenvalue weighted by molar-refractivity contribution is 0.0823. The average Bonchev–Trinajstić information content (AvgIpc) is 3.68. The smallest absolute Gasteiger partial charge is 0.279 e. The highest BCUT2D eigenvalue weighted by Crippen LogP contribution is 2.34. The maximum Gasteiger partial charge on any atom is 0.279 e. The lowest BCUT2D eigenvalue weighted by Crippen LogP contribution is -2.16. The van der Waals surface area contributed by atoms with Crippen molar-refractivity contribution in [1.29, 1.82) is 0 Å². The van der Waals surface area contributed by atoms with Crippen LogP contribution in [0.1, 0.15) is 21.6 Å². The van der Waals surface area contributed by atoms with Gasteiger partial charge in [-0.2, -0.15) is 13.5 Å². The van der Waals surface area contributed by atoms with Crippen molar-refractivity contribution >= 4 is 38.2 Å². The molecule has 0 aliphatic carbocycles. The van der Waals surface area contributed by atoms with Gasteiger partial charge in [-0.1, -0.05) is 6.07 Å². The first kappa shape index (κ1) is 33.7. The first-order valence-corrected chi connectivity index (χ1v) is 15.9. The Hall–Kier alpha value is -6.17. The Balaban J connectivity index is 1.29. The molecular formula is C32H25F4N7O6S. The Morgan fingerprint density at radius 3 is 2.52 bits per heavy atom. The molecule has 0 atom stereocenters. The van der Waals surface area contributed by atoms with Gasteiger partial charge in [0, 0.05) is 29.2 Å². The van der Waals surface area contributed by atoms with Gasteiger partial charge in [-0.15, -0.1) is 0 Å². The second-order valence-electron chi connectivity index (χ2n) is 10.6. The van der Waals surface area contributed by atoms with Gasteiger partial charge in [0.15, 0.2) is 16.7 Å². The van der Waals surface area contributed by atoms with Crippen molar-refractivity contribution in [3.8, 4) is 28.8 Å². The number of para-hydroxylation sites is 1. The molecule has 258 valence electrons. The highest BCUT2D eigenvalue weighted by atomic mass is 32.2. The van der Waals surface area contributed by atoms with E-state index in [1.165, 1.54) is 72.8 Å². The number of hydrogen-bond donors (Lipinski definition) is 3. The SMILES string of the molecule is COc1ccnc(S(=O)(=O)Nc2cc3[nH]c(C(=O)c4cnn(-c5cnc(Oc6c(F)cccc6F)cc5C)c4N)cc3cc2OCC(F)F)c1. The molecule has 0 saturated carbocycles. The number of nitrogens with one attached hydrogen (secondary N) is 2. The number of methoxy groups -OCH3 is 1. The molecule has 6 aromatic rings. The van der Waals surface area contributed by atoms with Crippen molar-refractivity contribution in [2.45, 2.75) is 18.4 Å². The van der Waals surface area contributed by atoms with Crippen LogP contribution < -0.4 is 24.7 Å². The van der Waals surface area contributed by atoms with Gasteiger partial charge in [-0.3, -0.25) is 9.52 Å². The fourth-order valence-corrected chi connectivity index (χ4v) is 5.88. The number of alkyl halides is 2. The van der Waals surface area contributed by atoms with Crippen LogP contribution in [0.2, 0.25) is 0 Å². The maximum atomic E-state index is 14.1. The Morgan fingerprint density at radius 2 is 1.82 bits per heavy atom. The molecule has 2 aromatic carbocycles. The van der Waals surface area contributed by atoms with E-state index in [2.05, 4.69) is 24.8 Å². The Labute approximate surface area is 280 Å². The summed E-state index contributed by atoms with van der Waals surface area (Å²) in [6.07, 6.45) is 0.878. The van der Waals surface area contributed by atoms with E-state index in [0.29, 0.717) is 16.6 Å². The van der Waals surface area contributed by atoms with Gasteiger partial charge < -0.3 is 24.9 Å². The molecule has 0 bridgehead atoms. The molecule has 6 rings (SSSR count). The highest BCUT2D eigenvalue weighted by molar-refractivity contribution is 7.92. The van der Waals surface area contributed by atoms with E-state index in [4.69, 9.17) is 19.9 Å². The maximum absolute atomic E-state index is 14.1. The lowest BCUT2D eigenvalue weighted by atomic mass is 10.1. The number of halogens is 4. The third-order valence-corrected chi connectivity index (χ3v) is 8.52. The van der Waals surface area contributed by atoms with Gasteiger partial charge in [0.05, 0.1) is 42.1 Å². The van der Waals surface area contributed by atoms with E-state index < -0.39 is 51.2 Å². The average molecular weight is 712 g/mol. The number of H-pyrrole nitrogens is 1. The number of carbonyl (C=O) groups excluding carboxylic acids is 1. The Bertz CT molecular complexity index is 2340. The summed E-state index contributed by atoms with van der Waals surface area (Å²) in [4.78, 5) is 24.4. The van der Waals surface area contributed by atoms with E-state index in [-0.39, 0.29) is 45.7 Å². The standard InChI is InChI=1S/C32H25F4N7O6S/c1-16-8-28(49-31-20(33)4-3-5-21(31)34)39-14-25(16)43-32(37)19(13-40-43)30(44)24-9-17-10-26(48-15-27(35)36)23(12-22(17)41-24)42-50(45,46)29-11-18(47-2)6-7-38-29/h3-14,27,41-42H,15,37H2,1-2H3. The lowest BCUT2D eigenvalue weighted by Gasteiger charge is -2.14. The number of hydrogen-bond acceptors (Lipinski definition) is 10. The summed E-state index contributed by atoms with van der Waals surface area (Å²) in [7, 11) is -3.00. The topological polar surface area (TPSA) is 176 Å². The summed E-state index contributed by atoms with van der Waals surface area (Å²) in [5, 5.41) is 4.14. The van der Waals surface area contributed by atoms with Crippen LogP contribution in [0.5, 0.6) is 23.1 Å². The first-order chi connectivity index (χ1) is 23.8. The summed E-state index contributed by atoms with van der Waals surface area (Å²) in [6.45, 7) is 0.608. The van der Waals surface area contributed by atoms with Crippen LogP contribution >= 0.6 is 0 Å². The third-order valence-electron chi connectivity index (χ3n) is 7.25. The van der Waals surface area contributed by atoms with E-state index in [9.17, 15) is 30.8 Å². The van der Waals surface area contributed by atoms with Gasteiger partial charge in [-0.05, 0) is 48.9 Å². The van der Waals surface area contributed by atoms with E-state index in [1.807, 2.05) is 0 Å². The second kappa shape index (κ2) is 13.4. The van der Waals surface area contributed by atoms with E-state index in [0.717, 1.165) is 12.1 Å². The number of benzene rings is 2. The second-order valence-corrected chi connectivity index (χ2v) is 12.2. The third kappa shape index (κ3) is 6.73. The van der Waals surface area contributed by atoms with Crippen molar-refractivity contribution in [3.05, 3.63) is 102 Å².